The first-order valence-corrected chi connectivity index (χ1v) is 76.4. The summed E-state index contributed by atoms with van der Waals surface area (Å²) in [6, 6.07) is 22.8. The summed E-state index contributed by atoms with van der Waals surface area (Å²) in [7, 11) is 12.9. The number of halogens is 5. The molecule has 5 aliphatic rings. The molecule has 8 rings (SSSR count). The van der Waals surface area contributed by atoms with E-state index in [2.05, 4.69) is 225 Å². The SMILES string of the molecule is C[Si](C)(C)C#C[C@H]1O[C@H](CO)[C@@H]([TlH])[C@H]([TlH])[C@@H]1[O][Tl].I.II.Ic1ccc(I)cc1.O=S=P.O=S=P.O=S=P.O=S=P.O=S=P.OC[C@H]1O[C@H](C#Cc2ccc(C#C[C@H]3O[C@H](CO)[C@@H](O)[C@H](O)[C@@H]3O)cc2)[C@@H](O)[C@@H](O)[C@@H]1O.OC[C@H]1O[C@H](C#Cc2ccc(C#C[C@H]3O[C@H](CO)[C@@H]([O][Tl])[C@H]([O][Tl])[C@@H]3[TlH])cc2)[C@@H]([O][Tl])[C@@H]([TlH])[C@@H]1[TlH].P.P.P.P.[SH-].[SH-].[SH-].[SH-]. The Balaban J connectivity index is -0.000000141. The molecule has 119 heavy (non-hydrogen) atoms. The first-order valence-electron chi connectivity index (χ1n) is 31.4. The number of thiol groups is 4. The Kier molecular flexibility index (Phi) is 120. The van der Waals surface area contributed by atoms with Crippen LogP contribution in [-0.2, 0) is 143 Å². The summed E-state index contributed by atoms with van der Waals surface area (Å²) < 4.78 is 101. The molecule has 11 N–H and O–H groups in total. The van der Waals surface area contributed by atoms with Gasteiger partial charge in [-0.15, -0.1) is 24.0 Å². The summed E-state index contributed by atoms with van der Waals surface area (Å²) in [6.45, 7) is 5.77. The van der Waals surface area contributed by atoms with Gasteiger partial charge in [0.2, 0.25) is 0 Å². The van der Waals surface area contributed by atoms with Gasteiger partial charge in [-0.1, -0.05) is 23.7 Å². The van der Waals surface area contributed by atoms with Gasteiger partial charge in [0, 0.05) is 55.5 Å². The number of aliphatic hydroxyl groups excluding tert-OH is 11. The average molecular weight is 4300 g/mol. The van der Waals surface area contributed by atoms with E-state index < -0.39 is 82.3 Å². The van der Waals surface area contributed by atoms with Crippen LogP contribution in [0.5, 0.6) is 0 Å². The van der Waals surface area contributed by atoms with E-state index in [-0.39, 0.29) is 202 Å². The summed E-state index contributed by atoms with van der Waals surface area (Å²) in [5.74, 6) is 27.2. The zero-order valence-electron chi connectivity index (χ0n) is 64.0. The van der Waals surface area contributed by atoms with Gasteiger partial charge >= 0.3 is 470 Å². The predicted octanol–water partition coefficient (Wildman–Crippen LogP) is -1.35. The van der Waals surface area contributed by atoms with Crippen LogP contribution in [0.15, 0.2) is 72.8 Å². The van der Waals surface area contributed by atoms with Gasteiger partial charge in [0.05, 0.1) is 13.2 Å². The number of hydrogen-bond donors (Lipinski definition) is 11. The standard InChI is InChI=1S/C22H26O10.C22H20O7.C11H17O3Si.C6H4I2.I2.HI.5HOPS.4H3P.4H2S.9Tl.5H/c23-9-15-19(27)21(29)17(25)13(31-15)7-5-11-1-2-12(4-3-11)6-8-14-18(26)22(30)20(28)16(10-24)32-14;23-12-17-8-9-18(25)20(29-17)10-6-15-3-1-14(2-4-15)5-7-16-11-19(26)22(27)21(13-24)28-16;1-15(2,3)7-6-11-10(13)5-4-9(8-12)14-11;7-5-1-2-6(8)4-3-5;1-2;;5*1-3-2;;;;;;;;;;;;;;;;;;;;;;/h1-4,13-30H,9-10H2;1-4,8-9,11,16-24H,12-13H2;4-5,9-12H,8H2,1-3H3;1-4H;;1H;5*2H;4*1H3;4*1H2;;;;;;;;;;;;;;/q;-3;-1;;;;;;;;;;;;;;;;;;;;;;4*+1;;;;;/p-4/t13-,14-,15-,16-,17-,18-,19-,20-,21-,22-;16-,17+,18+,19-,20-,21-,22+;9-,10-,11+;;;;;;;;;;;;;;;;;;;;;;;;;;;;;;/m110............................../s1. The Bertz CT molecular complexity index is 3550. The van der Waals surface area contributed by atoms with Crippen molar-refractivity contribution >= 4 is 536 Å². The van der Waals surface area contributed by atoms with Gasteiger partial charge in [0.25, 0.3) is 0 Å². The Morgan fingerprint density at radius 1 is 0.370 bits per heavy atom. The maximum atomic E-state index is 10.0. The fourth-order valence-corrected chi connectivity index (χ4v) is 38.2. The molecule has 5 saturated heterocycles. The summed E-state index contributed by atoms with van der Waals surface area (Å²) in [4.78, 5) is 0. The van der Waals surface area contributed by atoms with Crippen LogP contribution in [0, 0.1) is 66.0 Å². The molecule has 25 nitrogen and oxygen atoms in total. The van der Waals surface area contributed by atoms with E-state index in [4.69, 9.17) is 55.5 Å². The minimum absolute atomic E-state index is 0. The second-order valence-electron chi connectivity index (χ2n) is 23.7. The van der Waals surface area contributed by atoms with Crippen LogP contribution in [0.2, 0.25) is 37.0 Å². The second kappa shape index (κ2) is 93.2. The van der Waals surface area contributed by atoms with Crippen molar-refractivity contribution in [1.29, 1.82) is 0 Å². The Morgan fingerprint density at radius 3 is 0.840 bits per heavy atom. The summed E-state index contributed by atoms with van der Waals surface area (Å²) in [6.07, 6.45) is -14.0. The van der Waals surface area contributed by atoms with Crippen molar-refractivity contribution in [2.24, 2.45) is 0 Å². The second-order valence-corrected chi connectivity index (χ2v) is 56.8. The van der Waals surface area contributed by atoms with Gasteiger partial charge in [0.15, 0.2) is 0 Å². The van der Waals surface area contributed by atoms with E-state index in [1.807, 2.05) is 24.3 Å². The van der Waals surface area contributed by atoms with Crippen molar-refractivity contribution in [2.45, 2.75) is 159 Å². The first-order chi connectivity index (χ1) is 52.3. The number of hydrogen-bond acceptors (Lipinski definition) is 29. The molecule has 5 heterocycles. The molecule has 29 atom stereocenters. The molecule has 4 unspecified atom stereocenters. The van der Waals surface area contributed by atoms with E-state index in [0.717, 1.165) is 11.1 Å². The van der Waals surface area contributed by atoms with Crippen molar-refractivity contribution in [1.82, 2.24) is 0 Å². The van der Waals surface area contributed by atoms with Gasteiger partial charge in [-0.05, 0) is 134 Å². The van der Waals surface area contributed by atoms with Gasteiger partial charge in [0.1, 0.15) is 115 Å². The molecule has 0 spiro atoms. The van der Waals surface area contributed by atoms with Crippen LogP contribution < -0.4 is 0 Å². The van der Waals surface area contributed by atoms with Gasteiger partial charge in [-0.2, -0.15) is 39.6 Å². The molecule has 0 amide bonds. The summed E-state index contributed by atoms with van der Waals surface area (Å²) in [5.41, 5.74) is 6.27. The van der Waals surface area contributed by atoms with Gasteiger partial charge < -0.3 is 104 Å². The smallest absolute Gasteiger partial charge is 0.153 e. The molecule has 3 aromatic rings. The van der Waals surface area contributed by atoms with E-state index >= 15 is 0 Å². The van der Waals surface area contributed by atoms with Crippen LogP contribution in [-0.4, -0.2) is 474 Å². The Morgan fingerprint density at radius 2 is 0.597 bits per heavy atom. The fourth-order valence-electron chi connectivity index (χ4n) is 9.83. The number of ether oxygens (including phenoxy) is 5. The maximum Gasteiger partial charge on any atom is -0.153 e. The van der Waals surface area contributed by atoms with Crippen molar-refractivity contribution in [3.63, 3.8) is 0 Å². The summed E-state index contributed by atoms with van der Waals surface area (Å²) >= 11 is 13.4. The van der Waals surface area contributed by atoms with E-state index in [9.17, 15) is 56.2 Å². The molecular formula is C61H94I5O25P9S9SiTl9-4. The topological polar surface area (TPSA) is 391 Å². The van der Waals surface area contributed by atoms with Crippen LogP contribution in [0.1, 0.15) is 22.3 Å². The average Bonchev–Trinajstić information content (AvgIpc) is 0.826. The molecule has 0 bridgehead atoms. The zero-order chi connectivity index (χ0) is 84.4. The largest absolute Gasteiger partial charge is 0.813 e. The molecule has 58 heteroatoms. The third kappa shape index (κ3) is 61.2. The normalized spacial score (nSPS) is 28.1. The first kappa shape index (κ1) is 153. The van der Waals surface area contributed by atoms with Gasteiger partial charge in [-0.3, -0.25) is 0 Å². The molecule has 0 radical (unpaired) electrons. The molecule has 0 aromatic heterocycles. The van der Waals surface area contributed by atoms with Crippen molar-refractivity contribution in [3.8, 4) is 58.8 Å². The summed E-state index contributed by atoms with van der Waals surface area (Å²) in [5, 5.41) is 107. The minimum Gasteiger partial charge on any atom is -0.813 e. The molecular weight excluding hydrogens is 4200 g/mol. The van der Waals surface area contributed by atoms with Crippen LogP contribution in [0.25, 0.3) is 0 Å². The Labute approximate surface area is 981 Å². The van der Waals surface area contributed by atoms with Crippen molar-refractivity contribution in [3.05, 3.63) is 102 Å². The number of benzene rings is 3. The maximum absolute atomic E-state index is 10.0. The van der Waals surface area contributed by atoms with Crippen molar-refractivity contribution < 1.29 is 112 Å². The monoisotopic (exact) mass is 4300 g/mol. The third-order valence-electron chi connectivity index (χ3n) is 15.5. The number of rotatable bonds is 9. The molecule has 0 saturated carbocycles. The minimum atomic E-state index is -1.50. The molecule has 5 fully saturated rings. The van der Waals surface area contributed by atoms with E-state index in [1.165, 1.54) is 7.14 Å². The van der Waals surface area contributed by atoms with E-state index in [0.29, 0.717) is 313 Å². The van der Waals surface area contributed by atoms with E-state index in [1.54, 1.807) is 24.3 Å². The van der Waals surface area contributed by atoms with Crippen molar-refractivity contribution in [2.75, 3.05) is 33.0 Å². The van der Waals surface area contributed by atoms with Crippen LogP contribution in [0.4, 0.5) is 0 Å². The zero-order valence-corrected chi connectivity index (χ0v) is 140. The third-order valence-corrected chi connectivity index (χ3v) is 63.5. The van der Waals surface area contributed by atoms with Gasteiger partial charge in [-0.25, -0.2) is 21.0 Å². The molecule has 657 valence electrons. The van der Waals surface area contributed by atoms with Crippen LogP contribution >= 0.6 is 186 Å². The molecule has 5 aliphatic heterocycles. The quantitative estimate of drug-likeness (QED) is 0.0295. The number of aliphatic hydroxyl groups is 11. The fraction of sp³-hybridized carbons (Fsp3) is 0.541. The van der Waals surface area contributed by atoms with Crippen LogP contribution in [0.3, 0.4) is 0 Å². The molecule has 3 aromatic carbocycles. The molecule has 0 aliphatic carbocycles. The Hall–Kier alpha value is 11.5. The predicted molar refractivity (Wildman–Crippen MR) is 580 cm³/mol.